The summed E-state index contributed by atoms with van der Waals surface area (Å²) in [6.45, 7) is -0.321. The van der Waals surface area contributed by atoms with Crippen molar-refractivity contribution in [2.24, 2.45) is 0 Å². The van der Waals surface area contributed by atoms with Crippen LogP contribution < -0.4 is 10.1 Å². The molecule has 0 radical (unpaired) electrons. The summed E-state index contributed by atoms with van der Waals surface area (Å²) in [6, 6.07) is 2.76. The summed E-state index contributed by atoms with van der Waals surface area (Å²) in [5.41, 5.74) is 0.0475. The van der Waals surface area contributed by atoms with Crippen molar-refractivity contribution in [1.29, 1.82) is 0 Å². The number of ether oxygens (including phenoxy) is 2. The molecule has 1 unspecified atom stereocenters. The van der Waals surface area contributed by atoms with E-state index in [0.717, 1.165) is 0 Å². The van der Waals surface area contributed by atoms with Gasteiger partial charge in [-0.2, -0.15) is 13.2 Å². The monoisotopic (exact) mass is 306 g/mol. The fourth-order valence-electron chi connectivity index (χ4n) is 1.23. The molecule has 0 saturated carbocycles. The van der Waals surface area contributed by atoms with Crippen LogP contribution in [0.5, 0.6) is 5.88 Å². The number of amides is 1. The van der Waals surface area contributed by atoms with Gasteiger partial charge in [-0.05, 0) is 13.0 Å². The van der Waals surface area contributed by atoms with Crippen LogP contribution in [0, 0.1) is 0 Å². The molecule has 1 aromatic rings. The Hall–Kier alpha value is -2.32. The molecule has 1 amide bonds. The number of methoxy groups -OCH3 is 1. The maximum Gasteiger partial charge on any atom is 0.405 e. The number of nitrogens with one attached hydrogen (secondary N) is 1. The van der Waals surface area contributed by atoms with Crippen LogP contribution in [0.2, 0.25) is 0 Å². The number of aromatic nitrogens is 1. The van der Waals surface area contributed by atoms with Crippen LogP contribution >= 0.6 is 0 Å². The van der Waals surface area contributed by atoms with Gasteiger partial charge in [0.2, 0.25) is 5.88 Å². The average molecular weight is 306 g/mol. The second kappa shape index (κ2) is 6.91. The fourth-order valence-corrected chi connectivity index (χ4v) is 1.23. The van der Waals surface area contributed by atoms with E-state index in [1.807, 2.05) is 0 Å². The molecule has 6 nitrogen and oxygen atoms in total. The van der Waals surface area contributed by atoms with Gasteiger partial charge in [0, 0.05) is 12.3 Å². The van der Waals surface area contributed by atoms with Crippen molar-refractivity contribution in [1.82, 2.24) is 10.3 Å². The quantitative estimate of drug-likeness (QED) is 0.830. The van der Waals surface area contributed by atoms with Gasteiger partial charge in [-0.15, -0.1) is 0 Å². The SMILES string of the molecule is COc1ccc(C(=O)OC(C)C(=O)NCC(F)(F)F)cn1. The summed E-state index contributed by atoms with van der Waals surface area (Å²) in [6.07, 6.45) is -4.72. The van der Waals surface area contributed by atoms with E-state index in [0.29, 0.717) is 0 Å². The molecule has 9 heteroatoms. The van der Waals surface area contributed by atoms with Crippen LogP contribution in [-0.4, -0.2) is 42.8 Å². The van der Waals surface area contributed by atoms with E-state index in [-0.39, 0.29) is 11.4 Å². The van der Waals surface area contributed by atoms with E-state index >= 15 is 0 Å². The lowest BCUT2D eigenvalue weighted by Gasteiger charge is -2.14. The van der Waals surface area contributed by atoms with E-state index in [2.05, 4.69) is 4.98 Å². The first-order valence-electron chi connectivity index (χ1n) is 5.78. The highest BCUT2D eigenvalue weighted by atomic mass is 19.4. The molecule has 1 heterocycles. The third kappa shape index (κ3) is 5.67. The largest absolute Gasteiger partial charge is 0.481 e. The van der Waals surface area contributed by atoms with Crippen molar-refractivity contribution in [3.8, 4) is 5.88 Å². The molecule has 0 aliphatic carbocycles. The van der Waals surface area contributed by atoms with E-state index < -0.39 is 30.7 Å². The Morgan fingerprint density at radius 3 is 2.52 bits per heavy atom. The molecular formula is C12H13F3N2O4. The van der Waals surface area contributed by atoms with E-state index in [9.17, 15) is 22.8 Å². The van der Waals surface area contributed by atoms with Gasteiger partial charge in [0.1, 0.15) is 6.54 Å². The summed E-state index contributed by atoms with van der Waals surface area (Å²) in [5, 5.41) is 1.62. The van der Waals surface area contributed by atoms with Crippen LogP contribution in [-0.2, 0) is 9.53 Å². The smallest absolute Gasteiger partial charge is 0.405 e. The van der Waals surface area contributed by atoms with Crippen molar-refractivity contribution in [3.05, 3.63) is 23.9 Å². The van der Waals surface area contributed by atoms with Crippen molar-refractivity contribution in [3.63, 3.8) is 0 Å². The highest BCUT2D eigenvalue weighted by Gasteiger charge is 2.29. The standard InChI is InChI=1S/C12H13F3N2O4/c1-7(10(18)17-6-12(13,14)15)21-11(19)8-3-4-9(20-2)16-5-8/h3-5,7H,6H2,1-2H3,(H,17,18). The fraction of sp³-hybridized carbons (Fsp3) is 0.417. The molecule has 1 aromatic heterocycles. The van der Waals surface area contributed by atoms with Gasteiger partial charge in [-0.3, -0.25) is 4.79 Å². The van der Waals surface area contributed by atoms with Crippen LogP contribution in [0.15, 0.2) is 18.3 Å². The zero-order valence-electron chi connectivity index (χ0n) is 11.2. The predicted octanol–water partition coefficient (Wildman–Crippen LogP) is 1.31. The Morgan fingerprint density at radius 2 is 2.05 bits per heavy atom. The third-order valence-corrected chi connectivity index (χ3v) is 2.30. The number of halogens is 3. The molecule has 116 valence electrons. The highest BCUT2D eigenvalue weighted by molar-refractivity contribution is 5.91. The lowest BCUT2D eigenvalue weighted by atomic mass is 10.3. The second-order valence-corrected chi connectivity index (χ2v) is 3.97. The number of carbonyl (C=O) groups is 2. The summed E-state index contributed by atoms with van der Waals surface area (Å²) in [5.74, 6) is -1.63. The maximum absolute atomic E-state index is 11.9. The van der Waals surface area contributed by atoms with Crippen molar-refractivity contribution in [2.45, 2.75) is 19.2 Å². The van der Waals surface area contributed by atoms with Crippen molar-refractivity contribution in [2.75, 3.05) is 13.7 Å². The summed E-state index contributed by atoms with van der Waals surface area (Å²) >= 11 is 0. The lowest BCUT2D eigenvalue weighted by molar-refractivity contribution is -0.143. The molecule has 0 bridgehead atoms. The Labute approximate surface area is 118 Å². The number of alkyl halides is 3. The van der Waals surface area contributed by atoms with Gasteiger partial charge in [0.05, 0.1) is 12.7 Å². The van der Waals surface area contributed by atoms with Gasteiger partial charge in [0.15, 0.2) is 6.10 Å². The number of esters is 1. The topological polar surface area (TPSA) is 77.5 Å². The summed E-state index contributed by atoms with van der Waals surface area (Å²) < 4.78 is 45.3. The number of carbonyl (C=O) groups excluding carboxylic acids is 2. The molecule has 1 N–H and O–H groups in total. The maximum atomic E-state index is 11.9. The Morgan fingerprint density at radius 1 is 1.38 bits per heavy atom. The van der Waals surface area contributed by atoms with Crippen LogP contribution in [0.25, 0.3) is 0 Å². The first kappa shape index (κ1) is 16.7. The zero-order chi connectivity index (χ0) is 16.0. The van der Waals surface area contributed by atoms with Gasteiger partial charge < -0.3 is 14.8 Å². The molecule has 0 aromatic carbocycles. The predicted molar refractivity (Wildman–Crippen MR) is 64.7 cm³/mol. The minimum Gasteiger partial charge on any atom is -0.481 e. The first-order chi connectivity index (χ1) is 9.73. The Bertz CT molecular complexity index is 502. The average Bonchev–Trinajstić information content (AvgIpc) is 2.43. The van der Waals surface area contributed by atoms with E-state index in [1.165, 1.54) is 32.4 Å². The summed E-state index contributed by atoms with van der Waals surface area (Å²) in [7, 11) is 1.40. The van der Waals surface area contributed by atoms with Gasteiger partial charge in [0.25, 0.3) is 5.91 Å². The lowest BCUT2D eigenvalue weighted by Crippen LogP contribution is -2.40. The molecule has 1 rings (SSSR count). The van der Waals surface area contributed by atoms with Crippen LogP contribution in [0.3, 0.4) is 0 Å². The third-order valence-electron chi connectivity index (χ3n) is 2.30. The Kier molecular flexibility index (Phi) is 5.51. The summed E-state index contributed by atoms with van der Waals surface area (Å²) in [4.78, 5) is 26.8. The first-order valence-corrected chi connectivity index (χ1v) is 5.78. The van der Waals surface area contributed by atoms with Gasteiger partial charge in [-0.25, -0.2) is 9.78 Å². The van der Waals surface area contributed by atoms with Crippen LogP contribution in [0.1, 0.15) is 17.3 Å². The molecule has 0 spiro atoms. The molecule has 0 saturated heterocycles. The van der Waals surface area contributed by atoms with E-state index in [4.69, 9.17) is 9.47 Å². The normalized spacial score (nSPS) is 12.4. The molecule has 0 fully saturated rings. The molecule has 21 heavy (non-hydrogen) atoms. The minimum absolute atomic E-state index is 0.0475. The van der Waals surface area contributed by atoms with Crippen molar-refractivity contribution < 1.29 is 32.2 Å². The molecule has 0 aliphatic rings. The van der Waals surface area contributed by atoms with Crippen LogP contribution in [0.4, 0.5) is 13.2 Å². The number of hydrogen-bond donors (Lipinski definition) is 1. The van der Waals surface area contributed by atoms with Gasteiger partial charge in [-0.1, -0.05) is 0 Å². The molecular weight excluding hydrogens is 293 g/mol. The van der Waals surface area contributed by atoms with Gasteiger partial charge >= 0.3 is 12.1 Å². The minimum atomic E-state index is -4.53. The Balaban J connectivity index is 2.54. The number of nitrogens with zero attached hydrogens (tertiary/aromatic N) is 1. The number of hydrogen-bond acceptors (Lipinski definition) is 5. The number of pyridine rings is 1. The molecule has 1 atom stereocenters. The molecule has 0 aliphatic heterocycles. The van der Waals surface area contributed by atoms with E-state index in [1.54, 1.807) is 5.32 Å². The zero-order valence-corrected chi connectivity index (χ0v) is 11.2. The highest BCUT2D eigenvalue weighted by Crippen LogP contribution is 2.13. The second-order valence-electron chi connectivity index (χ2n) is 3.97. The van der Waals surface area contributed by atoms with Crippen molar-refractivity contribution >= 4 is 11.9 Å². The number of rotatable bonds is 5.